The predicted octanol–water partition coefficient (Wildman–Crippen LogP) is 6.44. The zero-order valence-corrected chi connectivity index (χ0v) is 16.3. The molecule has 0 bridgehead atoms. The highest BCUT2D eigenvalue weighted by Crippen LogP contribution is 2.18. The molecule has 0 aliphatic heterocycles. The summed E-state index contributed by atoms with van der Waals surface area (Å²) in [6.07, 6.45) is 7.34. The SMILES string of the molecule is CCCCCCCOc1ccc(NCc2cccc(OCCC)c2)cc1. The molecule has 142 valence electrons. The lowest BCUT2D eigenvalue weighted by atomic mass is 10.2. The maximum absolute atomic E-state index is 5.81. The van der Waals surface area contributed by atoms with Crippen LogP contribution in [0.25, 0.3) is 0 Å². The first-order chi connectivity index (χ1) is 12.8. The molecule has 0 aliphatic carbocycles. The fourth-order valence-electron chi connectivity index (χ4n) is 2.73. The zero-order valence-electron chi connectivity index (χ0n) is 16.3. The maximum Gasteiger partial charge on any atom is 0.119 e. The average Bonchev–Trinajstić information content (AvgIpc) is 2.68. The van der Waals surface area contributed by atoms with Gasteiger partial charge < -0.3 is 14.8 Å². The van der Waals surface area contributed by atoms with E-state index in [1.54, 1.807) is 0 Å². The van der Waals surface area contributed by atoms with E-state index >= 15 is 0 Å². The van der Waals surface area contributed by atoms with E-state index < -0.39 is 0 Å². The molecular weight excluding hydrogens is 322 g/mol. The topological polar surface area (TPSA) is 30.5 Å². The Morgan fingerprint density at radius 3 is 2.27 bits per heavy atom. The Morgan fingerprint density at radius 2 is 1.50 bits per heavy atom. The maximum atomic E-state index is 5.81. The summed E-state index contributed by atoms with van der Waals surface area (Å²) in [6, 6.07) is 16.5. The van der Waals surface area contributed by atoms with Gasteiger partial charge in [-0.3, -0.25) is 0 Å². The number of rotatable bonds is 13. The number of hydrogen-bond acceptors (Lipinski definition) is 3. The van der Waals surface area contributed by atoms with Crippen LogP contribution >= 0.6 is 0 Å². The number of nitrogens with one attached hydrogen (secondary N) is 1. The highest BCUT2D eigenvalue weighted by molar-refractivity contribution is 5.47. The molecule has 1 N–H and O–H groups in total. The molecule has 3 heteroatoms. The standard InChI is InChI=1S/C23H33NO2/c1-3-5-6-7-8-17-26-22-14-12-21(13-15-22)24-19-20-10-9-11-23(18-20)25-16-4-2/h9-15,18,24H,3-8,16-17,19H2,1-2H3. The minimum absolute atomic E-state index is 0.761. The molecule has 26 heavy (non-hydrogen) atoms. The molecular formula is C23H33NO2. The fourth-order valence-corrected chi connectivity index (χ4v) is 2.73. The van der Waals surface area contributed by atoms with Crippen molar-refractivity contribution >= 4 is 5.69 Å². The Bertz CT molecular complexity index is 610. The first kappa shape index (κ1) is 20.2. The molecule has 0 heterocycles. The number of unbranched alkanes of at least 4 members (excludes halogenated alkanes) is 4. The van der Waals surface area contributed by atoms with Crippen LogP contribution in [-0.4, -0.2) is 13.2 Å². The molecule has 0 radical (unpaired) electrons. The van der Waals surface area contributed by atoms with Crippen molar-refractivity contribution in [3.63, 3.8) is 0 Å². The molecule has 0 unspecified atom stereocenters. The first-order valence-corrected chi connectivity index (χ1v) is 10.00. The Hall–Kier alpha value is -2.16. The molecule has 0 spiro atoms. The van der Waals surface area contributed by atoms with Crippen molar-refractivity contribution in [2.45, 2.75) is 58.9 Å². The highest BCUT2D eigenvalue weighted by Gasteiger charge is 1.99. The van der Waals surface area contributed by atoms with Crippen molar-refractivity contribution in [1.82, 2.24) is 0 Å². The molecule has 0 amide bonds. The molecule has 0 aliphatic rings. The van der Waals surface area contributed by atoms with E-state index in [2.05, 4.69) is 43.4 Å². The molecule has 3 nitrogen and oxygen atoms in total. The van der Waals surface area contributed by atoms with Gasteiger partial charge in [0.05, 0.1) is 13.2 Å². The summed E-state index contributed by atoms with van der Waals surface area (Å²) in [5.41, 5.74) is 2.31. The summed E-state index contributed by atoms with van der Waals surface area (Å²) in [4.78, 5) is 0. The Morgan fingerprint density at radius 1 is 0.731 bits per heavy atom. The molecule has 0 saturated heterocycles. The Labute approximate surface area is 158 Å². The van der Waals surface area contributed by atoms with E-state index in [9.17, 15) is 0 Å². The third-order valence-corrected chi connectivity index (χ3v) is 4.24. The first-order valence-electron chi connectivity index (χ1n) is 10.00. The van der Waals surface area contributed by atoms with E-state index in [1.807, 2.05) is 24.3 Å². The van der Waals surface area contributed by atoms with Gasteiger partial charge in [0.2, 0.25) is 0 Å². The summed E-state index contributed by atoms with van der Waals surface area (Å²) in [7, 11) is 0. The third kappa shape index (κ3) is 7.81. The van der Waals surface area contributed by atoms with Crippen LogP contribution in [0.1, 0.15) is 57.9 Å². The van der Waals surface area contributed by atoms with Gasteiger partial charge in [-0.2, -0.15) is 0 Å². The second-order valence-corrected chi connectivity index (χ2v) is 6.64. The number of hydrogen-bond donors (Lipinski definition) is 1. The molecule has 0 fully saturated rings. The van der Waals surface area contributed by atoms with E-state index in [1.165, 1.54) is 31.2 Å². The second kappa shape index (κ2) is 12.2. The van der Waals surface area contributed by atoms with Crippen LogP contribution in [0.3, 0.4) is 0 Å². The van der Waals surface area contributed by atoms with Crippen LogP contribution in [0.2, 0.25) is 0 Å². The van der Waals surface area contributed by atoms with Gasteiger partial charge in [0.15, 0.2) is 0 Å². The Balaban J connectivity index is 1.71. The normalized spacial score (nSPS) is 10.5. The van der Waals surface area contributed by atoms with E-state index in [4.69, 9.17) is 9.47 Å². The lowest BCUT2D eigenvalue weighted by Gasteiger charge is -2.10. The summed E-state index contributed by atoms with van der Waals surface area (Å²) < 4.78 is 11.5. The number of ether oxygens (including phenoxy) is 2. The minimum atomic E-state index is 0.761. The number of anilines is 1. The van der Waals surface area contributed by atoms with Gasteiger partial charge in [0.25, 0.3) is 0 Å². The molecule has 2 aromatic rings. The zero-order chi connectivity index (χ0) is 18.5. The van der Waals surface area contributed by atoms with Crippen molar-refractivity contribution in [3.8, 4) is 11.5 Å². The van der Waals surface area contributed by atoms with Crippen molar-refractivity contribution in [2.24, 2.45) is 0 Å². The summed E-state index contributed by atoms with van der Waals surface area (Å²) in [6.45, 7) is 6.70. The van der Waals surface area contributed by atoms with Gasteiger partial charge in [0, 0.05) is 12.2 Å². The predicted molar refractivity (Wildman–Crippen MR) is 110 cm³/mol. The van der Waals surface area contributed by atoms with Crippen molar-refractivity contribution in [3.05, 3.63) is 54.1 Å². The molecule has 0 saturated carbocycles. The molecule has 2 rings (SSSR count). The van der Waals surface area contributed by atoms with Gasteiger partial charge in [0.1, 0.15) is 11.5 Å². The molecule has 2 aromatic carbocycles. The lowest BCUT2D eigenvalue weighted by Crippen LogP contribution is -2.01. The van der Waals surface area contributed by atoms with Gasteiger partial charge in [-0.15, -0.1) is 0 Å². The highest BCUT2D eigenvalue weighted by atomic mass is 16.5. The number of benzene rings is 2. The van der Waals surface area contributed by atoms with Crippen LogP contribution < -0.4 is 14.8 Å². The lowest BCUT2D eigenvalue weighted by molar-refractivity contribution is 0.304. The molecule has 0 atom stereocenters. The quantitative estimate of drug-likeness (QED) is 0.420. The van der Waals surface area contributed by atoms with E-state index in [0.29, 0.717) is 0 Å². The smallest absolute Gasteiger partial charge is 0.119 e. The van der Waals surface area contributed by atoms with Crippen molar-refractivity contribution in [1.29, 1.82) is 0 Å². The van der Waals surface area contributed by atoms with Crippen molar-refractivity contribution in [2.75, 3.05) is 18.5 Å². The van der Waals surface area contributed by atoms with Crippen LogP contribution in [0.15, 0.2) is 48.5 Å². The monoisotopic (exact) mass is 355 g/mol. The van der Waals surface area contributed by atoms with E-state index in [0.717, 1.165) is 49.8 Å². The van der Waals surface area contributed by atoms with Crippen LogP contribution in [-0.2, 0) is 6.54 Å². The van der Waals surface area contributed by atoms with Gasteiger partial charge in [-0.1, -0.05) is 51.7 Å². The summed E-state index contributed by atoms with van der Waals surface area (Å²) >= 11 is 0. The van der Waals surface area contributed by atoms with Crippen molar-refractivity contribution < 1.29 is 9.47 Å². The van der Waals surface area contributed by atoms with Crippen LogP contribution in [0, 0.1) is 0 Å². The average molecular weight is 356 g/mol. The molecule has 0 aromatic heterocycles. The third-order valence-electron chi connectivity index (χ3n) is 4.24. The van der Waals surface area contributed by atoms with Gasteiger partial charge >= 0.3 is 0 Å². The summed E-state index contributed by atoms with van der Waals surface area (Å²) in [5, 5.41) is 3.45. The Kier molecular flexibility index (Phi) is 9.48. The van der Waals surface area contributed by atoms with E-state index in [-0.39, 0.29) is 0 Å². The van der Waals surface area contributed by atoms with Crippen LogP contribution in [0.5, 0.6) is 11.5 Å². The van der Waals surface area contributed by atoms with Gasteiger partial charge in [-0.05, 0) is 54.8 Å². The van der Waals surface area contributed by atoms with Crippen LogP contribution in [0.4, 0.5) is 5.69 Å². The van der Waals surface area contributed by atoms with Gasteiger partial charge in [-0.25, -0.2) is 0 Å². The fraction of sp³-hybridized carbons (Fsp3) is 0.478. The summed E-state index contributed by atoms with van der Waals surface area (Å²) in [5.74, 6) is 1.88. The second-order valence-electron chi connectivity index (χ2n) is 6.64. The minimum Gasteiger partial charge on any atom is -0.494 e. The largest absolute Gasteiger partial charge is 0.494 e.